The number of carbonyl (C=O) groups is 1. The Morgan fingerprint density at radius 2 is 0.796 bits per heavy atom. The number of amides is 1. The smallest absolute Gasteiger partial charge is 0.222 e. The summed E-state index contributed by atoms with van der Waals surface area (Å²) in [4.78, 5) is 12.5. The lowest BCUT2D eigenvalue weighted by Gasteiger charge is -2.21. The van der Waals surface area contributed by atoms with Crippen molar-refractivity contribution in [2.24, 2.45) is 0 Å². The van der Waals surface area contributed by atoms with Crippen LogP contribution in [0.3, 0.4) is 0 Å². The molecule has 0 spiro atoms. The van der Waals surface area contributed by atoms with E-state index in [9.17, 15) is 20.1 Å². The molecule has 3 atom stereocenters. The number of hydrogen-bond donors (Lipinski definition) is 4. The van der Waals surface area contributed by atoms with E-state index in [1.165, 1.54) is 180 Å². The predicted octanol–water partition coefficient (Wildman–Crippen LogP) is 13.9. The lowest BCUT2D eigenvalue weighted by molar-refractivity contribution is -0.124. The summed E-state index contributed by atoms with van der Waals surface area (Å²) < 4.78 is 0. The van der Waals surface area contributed by atoms with Crippen molar-refractivity contribution >= 4 is 5.91 Å². The zero-order valence-corrected chi connectivity index (χ0v) is 36.1. The molecule has 0 heterocycles. The molecular formula is C49H93NO4. The van der Waals surface area contributed by atoms with Crippen LogP contribution in [0.4, 0.5) is 0 Å². The van der Waals surface area contributed by atoms with Gasteiger partial charge >= 0.3 is 0 Å². The Hall–Kier alpha value is -1.43. The average Bonchev–Trinajstić information content (AvgIpc) is 3.16. The van der Waals surface area contributed by atoms with E-state index in [1.54, 1.807) is 6.08 Å². The van der Waals surface area contributed by atoms with Gasteiger partial charge in [-0.3, -0.25) is 4.79 Å². The Morgan fingerprint density at radius 1 is 0.463 bits per heavy atom. The van der Waals surface area contributed by atoms with Crippen LogP contribution < -0.4 is 5.32 Å². The van der Waals surface area contributed by atoms with E-state index in [0.717, 1.165) is 38.5 Å². The molecule has 0 aromatic heterocycles. The van der Waals surface area contributed by atoms with Crippen molar-refractivity contribution in [3.05, 3.63) is 36.5 Å². The molecule has 0 aliphatic carbocycles. The molecule has 318 valence electrons. The van der Waals surface area contributed by atoms with Gasteiger partial charge in [0, 0.05) is 0 Å². The van der Waals surface area contributed by atoms with E-state index in [1.807, 2.05) is 6.08 Å². The fourth-order valence-corrected chi connectivity index (χ4v) is 7.25. The van der Waals surface area contributed by atoms with Gasteiger partial charge in [-0.2, -0.15) is 0 Å². The average molecular weight is 760 g/mol. The molecule has 0 bridgehead atoms. The maximum Gasteiger partial charge on any atom is 0.222 e. The molecule has 3 unspecified atom stereocenters. The largest absolute Gasteiger partial charge is 0.394 e. The van der Waals surface area contributed by atoms with Gasteiger partial charge in [0.15, 0.2) is 0 Å². The van der Waals surface area contributed by atoms with Crippen LogP contribution in [0.15, 0.2) is 36.5 Å². The van der Waals surface area contributed by atoms with Gasteiger partial charge in [-0.25, -0.2) is 0 Å². The van der Waals surface area contributed by atoms with Gasteiger partial charge < -0.3 is 20.6 Å². The van der Waals surface area contributed by atoms with E-state index in [4.69, 9.17) is 0 Å². The van der Waals surface area contributed by atoms with Crippen LogP contribution in [0.25, 0.3) is 0 Å². The highest BCUT2D eigenvalue weighted by Crippen LogP contribution is 2.16. The van der Waals surface area contributed by atoms with Crippen LogP contribution in [0.2, 0.25) is 0 Å². The van der Waals surface area contributed by atoms with Crippen LogP contribution in [0.5, 0.6) is 0 Å². The number of allylic oxidation sites excluding steroid dienone is 5. The van der Waals surface area contributed by atoms with Gasteiger partial charge in [0.25, 0.3) is 0 Å². The predicted molar refractivity (Wildman–Crippen MR) is 236 cm³/mol. The molecule has 54 heavy (non-hydrogen) atoms. The van der Waals surface area contributed by atoms with E-state index in [0.29, 0.717) is 6.42 Å². The highest BCUT2D eigenvalue weighted by molar-refractivity contribution is 5.76. The Balaban J connectivity index is 3.69. The summed E-state index contributed by atoms with van der Waals surface area (Å²) in [5.41, 5.74) is 0. The van der Waals surface area contributed by atoms with Crippen LogP contribution in [0.1, 0.15) is 245 Å². The molecule has 4 N–H and O–H groups in total. The van der Waals surface area contributed by atoms with Gasteiger partial charge in [0.2, 0.25) is 5.91 Å². The molecule has 0 fully saturated rings. The first-order valence-electron chi connectivity index (χ1n) is 23.8. The maximum atomic E-state index is 12.5. The quantitative estimate of drug-likeness (QED) is 0.0368. The van der Waals surface area contributed by atoms with Gasteiger partial charge in [-0.05, 0) is 44.9 Å². The minimum Gasteiger partial charge on any atom is -0.394 e. The molecule has 0 aliphatic heterocycles. The summed E-state index contributed by atoms with van der Waals surface area (Å²) >= 11 is 0. The third-order valence-corrected chi connectivity index (χ3v) is 10.9. The SMILES string of the molecule is CCCCCCCCCCCC/C=C/CC/C=C/CC/C=C/C(O)C(CO)NC(=O)CC(O)CCCCCCCCCCCCCCCCCCCCC. The number of rotatable bonds is 43. The standard InChI is InChI=1S/C49H93NO4/c1-3-5-7-9-11-13-15-17-19-21-23-25-27-29-31-33-35-37-39-41-43-48(53)47(45-51)50-49(54)44-46(52)42-40-38-36-34-32-30-28-26-24-22-20-18-16-14-12-10-8-6-4-2/h25,27,33,35,41,43,46-48,51-53H,3-24,26,28-32,34,36-40,42,44-45H2,1-2H3,(H,50,54)/b27-25+,35-33+,43-41+. The summed E-state index contributed by atoms with van der Waals surface area (Å²) in [6, 6.07) is -0.765. The first-order chi connectivity index (χ1) is 26.5. The Labute approximate surface area is 336 Å². The second kappa shape index (κ2) is 44.3. The summed E-state index contributed by atoms with van der Waals surface area (Å²) in [6.07, 6.45) is 55.8. The Bertz CT molecular complexity index is 840. The highest BCUT2D eigenvalue weighted by atomic mass is 16.3. The number of unbranched alkanes of at least 4 members (excludes halogenated alkanes) is 30. The fourth-order valence-electron chi connectivity index (χ4n) is 7.25. The normalized spacial score (nSPS) is 13.8. The van der Waals surface area contributed by atoms with Gasteiger partial charge in [-0.1, -0.05) is 230 Å². The minimum atomic E-state index is -0.958. The van der Waals surface area contributed by atoms with Crippen molar-refractivity contribution in [1.29, 1.82) is 0 Å². The molecule has 0 aliphatic rings. The third-order valence-electron chi connectivity index (χ3n) is 10.9. The molecule has 0 rings (SSSR count). The fraction of sp³-hybridized carbons (Fsp3) is 0.857. The first-order valence-corrected chi connectivity index (χ1v) is 23.8. The van der Waals surface area contributed by atoms with Crippen LogP contribution in [0, 0.1) is 0 Å². The number of carbonyl (C=O) groups excluding carboxylic acids is 1. The maximum absolute atomic E-state index is 12.5. The minimum absolute atomic E-state index is 0.00523. The van der Waals surface area contributed by atoms with E-state index in [2.05, 4.69) is 43.5 Å². The molecule has 0 aromatic carbocycles. The summed E-state index contributed by atoms with van der Waals surface area (Å²) in [7, 11) is 0. The van der Waals surface area contributed by atoms with Crippen molar-refractivity contribution in [3.63, 3.8) is 0 Å². The van der Waals surface area contributed by atoms with Crippen molar-refractivity contribution in [2.75, 3.05) is 6.61 Å². The number of hydrogen-bond acceptors (Lipinski definition) is 4. The third kappa shape index (κ3) is 40.2. The van der Waals surface area contributed by atoms with E-state index in [-0.39, 0.29) is 18.9 Å². The van der Waals surface area contributed by atoms with Crippen molar-refractivity contribution < 1.29 is 20.1 Å². The zero-order valence-electron chi connectivity index (χ0n) is 36.1. The van der Waals surface area contributed by atoms with Gasteiger partial charge in [0.05, 0.1) is 31.3 Å². The Kier molecular flexibility index (Phi) is 43.1. The topological polar surface area (TPSA) is 89.8 Å². The molecule has 0 saturated heterocycles. The molecule has 5 heteroatoms. The Morgan fingerprint density at radius 3 is 1.19 bits per heavy atom. The lowest BCUT2D eigenvalue weighted by atomic mass is 10.0. The van der Waals surface area contributed by atoms with Gasteiger partial charge in [-0.15, -0.1) is 0 Å². The number of aliphatic hydroxyl groups is 3. The van der Waals surface area contributed by atoms with Crippen LogP contribution in [-0.2, 0) is 4.79 Å². The number of nitrogens with one attached hydrogen (secondary N) is 1. The van der Waals surface area contributed by atoms with E-state index < -0.39 is 18.2 Å². The van der Waals surface area contributed by atoms with Gasteiger partial charge in [0.1, 0.15) is 0 Å². The van der Waals surface area contributed by atoms with E-state index >= 15 is 0 Å². The summed E-state index contributed by atoms with van der Waals surface area (Å²) in [5, 5.41) is 33.3. The molecule has 1 amide bonds. The number of aliphatic hydroxyl groups excluding tert-OH is 3. The zero-order chi connectivity index (χ0) is 39.4. The summed E-state index contributed by atoms with van der Waals surface area (Å²) in [6.45, 7) is 4.21. The monoisotopic (exact) mass is 760 g/mol. The molecule has 0 radical (unpaired) electrons. The molecular weight excluding hydrogens is 667 g/mol. The first kappa shape index (κ1) is 52.6. The second-order valence-corrected chi connectivity index (χ2v) is 16.4. The lowest BCUT2D eigenvalue weighted by Crippen LogP contribution is -2.45. The molecule has 0 aromatic rings. The van der Waals surface area contributed by atoms with Crippen molar-refractivity contribution in [2.45, 2.75) is 263 Å². The summed E-state index contributed by atoms with van der Waals surface area (Å²) in [5.74, 6) is -0.327. The van der Waals surface area contributed by atoms with Crippen LogP contribution >= 0.6 is 0 Å². The van der Waals surface area contributed by atoms with Crippen molar-refractivity contribution in [3.8, 4) is 0 Å². The highest BCUT2D eigenvalue weighted by Gasteiger charge is 2.20. The molecule has 0 saturated carbocycles. The van der Waals surface area contributed by atoms with Crippen LogP contribution in [-0.4, -0.2) is 46.1 Å². The van der Waals surface area contributed by atoms with Crippen molar-refractivity contribution in [1.82, 2.24) is 5.32 Å². The second-order valence-electron chi connectivity index (χ2n) is 16.4. The molecule has 5 nitrogen and oxygen atoms in total.